The molecule has 148 valence electrons. The molecule has 2 heterocycles. The highest BCUT2D eigenvalue weighted by molar-refractivity contribution is 5.94. The number of benzene rings is 2. The summed E-state index contributed by atoms with van der Waals surface area (Å²) >= 11 is 0. The van der Waals surface area contributed by atoms with E-state index in [9.17, 15) is 18.8 Å². The van der Waals surface area contributed by atoms with Crippen molar-refractivity contribution >= 4 is 22.4 Å². The Labute approximate surface area is 169 Å². The third kappa shape index (κ3) is 3.37. The van der Waals surface area contributed by atoms with Gasteiger partial charge in [0.15, 0.2) is 0 Å². The minimum atomic E-state index is -0.765. The van der Waals surface area contributed by atoms with Crippen LogP contribution in [0.25, 0.3) is 33.5 Å². The summed E-state index contributed by atoms with van der Waals surface area (Å²) < 4.78 is 28.8. The van der Waals surface area contributed by atoms with E-state index in [4.69, 9.17) is 0 Å². The van der Waals surface area contributed by atoms with Crippen molar-refractivity contribution in [3.05, 3.63) is 81.5 Å². The van der Waals surface area contributed by atoms with Gasteiger partial charge in [-0.2, -0.15) is 15.5 Å². The van der Waals surface area contributed by atoms with E-state index in [1.54, 1.807) is 37.0 Å². The number of allylic oxidation sites excluding steroid dienone is 1. The topological polar surface area (TPSA) is 87.4 Å². The molecule has 0 saturated carbocycles. The van der Waals surface area contributed by atoms with Gasteiger partial charge in [0.2, 0.25) is 0 Å². The van der Waals surface area contributed by atoms with Crippen LogP contribution in [0.3, 0.4) is 0 Å². The number of aromatic amines is 1. The average Bonchev–Trinajstić information content (AvgIpc) is 3.08. The first-order valence-electron chi connectivity index (χ1n) is 8.97. The lowest BCUT2D eigenvalue weighted by Gasteiger charge is -2.07. The highest BCUT2D eigenvalue weighted by Gasteiger charge is 2.14. The van der Waals surface area contributed by atoms with Gasteiger partial charge in [-0.15, -0.1) is 0 Å². The lowest BCUT2D eigenvalue weighted by atomic mass is 9.99. The summed E-state index contributed by atoms with van der Waals surface area (Å²) in [7, 11) is 1.70. The van der Waals surface area contributed by atoms with E-state index in [1.165, 1.54) is 6.08 Å². The molecule has 0 bridgehead atoms. The third-order valence-electron chi connectivity index (χ3n) is 4.85. The van der Waals surface area contributed by atoms with Crippen molar-refractivity contribution in [2.45, 2.75) is 6.92 Å². The van der Waals surface area contributed by atoms with Crippen LogP contribution in [0.2, 0.25) is 0 Å². The fourth-order valence-electron chi connectivity index (χ4n) is 3.33. The van der Waals surface area contributed by atoms with Crippen molar-refractivity contribution in [1.29, 1.82) is 5.26 Å². The summed E-state index contributed by atoms with van der Waals surface area (Å²) in [6, 6.07) is 10.3. The van der Waals surface area contributed by atoms with Crippen LogP contribution < -0.4 is 5.56 Å². The Morgan fingerprint density at radius 1 is 1.17 bits per heavy atom. The maximum atomic E-state index is 13.6. The molecule has 30 heavy (non-hydrogen) atoms. The van der Waals surface area contributed by atoms with Crippen LogP contribution in [0.15, 0.2) is 47.4 Å². The van der Waals surface area contributed by atoms with Gasteiger partial charge >= 0.3 is 0 Å². The Hall–Kier alpha value is -4.12. The van der Waals surface area contributed by atoms with Crippen LogP contribution in [-0.4, -0.2) is 20.0 Å². The van der Waals surface area contributed by atoms with Crippen molar-refractivity contribution in [3.8, 4) is 17.2 Å². The molecule has 0 aliphatic heterocycles. The van der Waals surface area contributed by atoms with E-state index in [0.717, 1.165) is 23.8 Å². The number of nitriles is 1. The minimum Gasteiger partial charge on any atom is -0.268 e. The number of aromatic nitrogens is 4. The molecule has 0 amide bonds. The summed E-state index contributed by atoms with van der Waals surface area (Å²) in [6.07, 6.45) is 3.16. The van der Waals surface area contributed by atoms with Gasteiger partial charge in [0, 0.05) is 24.1 Å². The molecule has 0 atom stereocenters. The van der Waals surface area contributed by atoms with E-state index in [2.05, 4.69) is 15.3 Å². The SMILES string of the molecule is Cc1n[nH]c(=O)c2ccc(-c3cnn(C)c3C=C(C#N)c3cc(F)cc(F)c3)cc12. The largest absolute Gasteiger partial charge is 0.272 e. The second kappa shape index (κ2) is 7.37. The number of aryl methyl sites for hydroxylation is 2. The van der Waals surface area contributed by atoms with Gasteiger partial charge in [0.25, 0.3) is 5.56 Å². The molecule has 6 nitrogen and oxygen atoms in total. The number of rotatable bonds is 3. The molecule has 2 aromatic carbocycles. The van der Waals surface area contributed by atoms with Crippen molar-refractivity contribution < 1.29 is 8.78 Å². The predicted molar refractivity (Wildman–Crippen MR) is 109 cm³/mol. The number of hydrogen-bond donors (Lipinski definition) is 1. The van der Waals surface area contributed by atoms with Crippen LogP contribution in [0.4, 0.5) is 8.78 Å². The molecule has 0 spiro atoms. The first-order valence-corrected chi connectivity index (χ1v) is 8.97. The molecule has 0 aliphatic rings. The summed E-state index contributed by atoms with van der Waals surface area (Å²) in [5, 5.41) is 21.5. The number of H-pyrrole nitrogens is 1. The van der Waals surface area contributed by atoms with Crippen LogP contribution in [0, 0.1) is 29.9 Å². The van der Waals surface area contributed by atoms with Gasteiger partial charge in [-0.25, -0.2) is 13.9 Å². The Morgan fingerprint density at radius 3 is 2.60 bits per heavy atom. The van der Waals surface area contributed by atoms with E-state index >= 15 is 0 Å². The average molecular weight is 403 g/mol. The highest BCUT2D eigenvalue weighted by atomic mass is 19.1. The highest BCUT2D eigenvalue weighted by Crippen LogP contribution is 2.30. The standard InChI is InChI=1S/C22H15F2N5O/c1-12-19-7-13(3-4-18(19)22(30)28-27-12)20-11-26-29(2)21(20)8-15(10-25)14-5-16(23)9-17(24)6-14/h3-9,11H,1-2H3,(H,28,30). The van der Waals surface area contributed by atoms with Gasteiger partial charge in [-0.05, 0) is 48.4 Å². The van der Waals surface area contributed by atoms with Crippen LogP contribution in [0.1, 0.15) is 17.0 Å². The zero-order valence-electron chi connectivity index (χ0n) is 16.1. The summed E-state index contributed by atoms with van der Waals surface area (Å²) in [6.45, 7) is 1.79. The fourth-order valence-corrected chi connectivity index (χ4v) is 3.33. The van der Waals surface area contributed by atoms with Gasteiger partial charge in [0.1, 0.15) is 11.6 Å². The molecule has 0 saturated heterocycles. The second-order valence-electron chi connectivity index (χ2n) is 6.79. The van der Waals surface area contributed by atoms with E-state index in [0.29, 0.717) is 27.7 Å². The Balaban J connectivity index is 1.89. The zero-order chi connectivity index (χ0) is 21.4. The van der Waals surface area contributed by atoms with E-state index < -0.39 is 11.6 Å². The van der Waals surface area contributed by atoms with Gasteiger partial charge in [-0.3, -0.25) is 9.48 Å². The Kier molecular flexibility index (Phi) is 4.72. The van der Waals surface area contributed by atoms with Gasteiger partial charge < -0.3 is 0 Å². The number of nitrogens with zero attached hydrogens (tertiary/aromatic N) is 4. The maximum Gasteiger partial charge on any atom is 0.272 e. The van der Waals surface area contributed by atoms with Crippen molar-refractivity contribution in [2.75, 3.05) is 0 Å². The molecule has 2 aromatic heterocycles. The molecule has 4 aromatic rings. The molecule has 1 N–H and O–H groups in total. The molecule has 0 unspecified atom stereocenters. The lowest BCUT2D eigenvalue weighted by molar-refractivity contribution is 0.582. The zero-order valence-corrected chi connectivity index (χ0v) is 16.1. The molecular formula is C22H15F2N5O. The number of halogens is 2. The molecule has 0 fully saturated rings. The predicted octanol–water partition coefficient (Wildman–Crippen LogP) is 3.97. The van der Waals surface area contributed by atoms with Crippen LogP contribution in [-0.2, 0) is 7.05 Å². The Bertz CT molecular complexity index is 1410. The summed E-state index contributed by atoms with van der Waals surface area (Å²) in [4.78, 5) is 12.0. The normalized spacial score (nSPS) is 11.6. The minimum absolute atomic E-state index is 0.0910. The second-order valence-corrected chi connectivity index (χ2v) is 6.79. The molecule has 8 heteroatoms. The first kappa shape index (κ1) is 19.2. The molecular weight excluding hydrogens is 388 g/mol. The smallest absolute Gasteiger partial charge is 0.268 e. The number of fused-ring (bicyclic) bond motifs is 1. The van der Waals surface area contributed by atoms with Crippen LogP contribution in [0.5, 0.6) is 0 Å². The fraction of sp³-hybridized carbons (Fsp3) is 0.0909. The molecule has 0 radical (unpaired) electrons. The first-order chi connectivity index (χ1) is 14.4. The van der Waals surface area contributed by atoms with Crippen molar-refractivity contribution in [3.63, 3.8) is 0 Å². The summed E-state index contributed by atoms with van der Waals surface area (Å²) in [5.74, 6) is -1.53. The number of nitrogens with one attached hydrogen (secondary N) is 1. The van der Waals surface area contributed by atoms with Crippen LogP contribution >= 0.6 is 0 Å². The summed E-state index contributed by atoms with van der Waals surface area (Å²) in [5.41, 5.74) is 2.64. The van der Waals surface area contributed by atoms with Crippen molar-refractivity contribution in [1.82, 2.24) is 20.0 Å². The van der Waals surface area contributed by atoms with Gasteiger partial charge in [0.05, 0.1) is 34.6 Å². The maximum absolute atomic E-state index is 13.6. The quantitative estimate of drug-likeness (QED) is 0.524. The van der Waals surface area contributed by atoms with E-state index in [-0.39, 0.29) is 16.7 Å². The Morgan fingerprint density at radius 2 is 1.90 bits per heavy atom. The molecule has 4 rings (SSSR count). The lowest BCUT2D eigenvalue weighted by Crippen LogP contribution is -2.09. The monoisotopic (exact) mass is 403 g/mol. The molecule has 0 aliphatic carbocycles. The number of hydrogen-bond acceptors (Lipinski definition) is 4. The van der Waals surface area contributed by atoms with Gasteiger partial charge in [-0.1, -0.05) is 6.07 Å². The third-order valence-corrected chi connectivity index (χ3v) is 4.85. The van der Waals surface area contributed by atoms with Crippen molar-refractivity contribution in [2.24, 2.45) is 7.05 Å². The van der Waals surface area contributed by atoms with E-state index in [1.807, 2.05) is 12.1 Å².